The molecule has 1 aliphatic rings. The van der Waals surface area contributed by atoms with E-state index in [1.54, 1.807) is 0 Å². The van der Waals surface area contributed by atoms with Gasteiger partial charge in [0.25, 0.3) is 0 Å². The molecule has 1 saturated carbocycles. The third kappa shape index (κ3) is 4.64. The van der Waals surface area contributed by atoms with Gasteiger partial charge in [-0.05, 0) is 43.4 Å². The first kappa shape index (κ1) is 15.0. The van der Waals surface area contributed by atoms with Gasteiger partial charge in [-0.2, -0.15) is 0 Å². The van der Waals surface area contributed by atoms with Gasteiger partial charge in [0.05, 0.1) is 7.11 Å². The monoisotopic (exact) mass is 275 g/mol. The average molecular weight is 275 g/mol. The lowest BCUT2D eigenvalue weighted by Gasteiger charge is -2.22. The highest BCUT2D eigenvalue weighted by Gasteiger charge is 2.28. The van der Waals surface area contributed by atoms with E-state index in [9.17, 15) is 4.79 Å². The van der Waals surface area contributed by atoms with Crippen LogP contribution in [-0.2, 0) is 22.5 Å². The lowest BCUT2D eigenvalue weighted by Crippen LogP contribution is -2.27. The first-order valence-electron chi connectivity index (χ1n) is 7.61. The number of esters is 1. The molecule has 1 fully saturated rings. The molecule has 110 valence electrons. The average Bonchev–Trinajstić information content (AvgIpc) is 3.31. The third-order valence-corrected chi connectivity index (χ3v) is 3.93. The Balaban J connectivity index is 1.83. The van der Waals surface area contributed by atoms with Gasteiger partial charge in [0.1, 0.15) is 0 Å². The van der Waals surface area contributed by atoms with Crippen molar-refractivity contribution >= 4 is 5.97 Å². The van der Waals surface area contributed by atoms with Crippen molar-refractivity contribution in [1.29, 1.82) is 0 Å². The topological polar surface area (TPSA) is 29.5 Å². The van der Waals surface area contributed by atoms with E-state index in [1.807, 2.05) is 0 Å². The molecule has 0 aliphatic heterocycles. The lowest BCUT2D eigenvalue weighted by atomic mass is 10.1. The van der Waals surface area contributed by atoms with Crippen molar-refractivity contribution in [2.75, 3.05) is 13.7 Å². The van der Waals surface area contributed by atoms with Crippen molar-refractivity contribution in [3.8, 4) is 0 Å². The number of carbonyl (C=O) groups excluding carboxylic acids is 1. The summed E-state index contributed by atoms with van der Waals surface area (Å²) in [6, 6.07) is 9.62. The third-order valence-electron chi connectivity index (χ3n) is 3.93. The summed E-state index contributed by atoms with van der Waals surface area (Å²) < 4.78 is 4.69. The van der Waals surface area contributed by atoms with Gasteiger partial charge in [-0.1, -0.05) is 31.2 Å². The molecule has 0 aromatic heterocycles. The Morgan fingerprint density at radius 2 is 1.90 bits per heavy atom. The van der Waals surface area contributed by atoms with E-state index >= 15 is 0 Å². The number of rotatable bonds is 8. The molecule has 1 aromatic carbocycles. The number of hydrogen-bond acceptors (Lipinski definition) is 3. The zero-order valence-electron chi connectivity index (χ0n) is 12.6. The molecular formula is C17H25NO2. The number of ether oxygens (including phenoxy) is 1. The fraction of sp³-hybridized carbons (Fsp3) is 0.588. The SMILES string of the molecule is CCc1ccc(CN(CCCC(=O)OC)C2CC2)cc1. The fourth-order valence-corrected chi connectivity index (χ4v) is 2.47. The minimum absolute atomic E-state index is 0.104. The maximum Gasteiger partial charge on any atom is 0.305 e. The van der Waals surface area contributed by atoms with E-state index < -0.39 is 0 Å². The Labute approximate surface area is 121 Å². The van der Waals surface area contributed by atoms with Gasteiger partial charge in [-0.3, -0.25) is 9.69 Å². The van der Waals surface area contributed by atoms with E-state index in [4.69, 9.17) is 4.74 Å². The van der Waals surface area contributed by atoms with Crippen LogP contribution in [0.5, 0.6) is 0 Å². The smallest absolute Gasteiger partial charge is 0.305 e. The van der Waals surface area contributed by atoms with Gasteiger partial charge in [0, 0.05) is 19.0 Å². The standard InChI is InChI=1S/C17H25NO2/c1-3-14-6-8-15(9-7-14)13-18(16-10-11-16)12-4-5-17(19)20-2/h6-9,16H,3-5,10-13H2,1-2H3. The van der Waals surface area contributed by atoms with Crippen LogP contribution in [0.1, 0.15) is 43.7 Å². The van der Waals surface area contributed by atoms with Crippen LogP contribution in [0.4, 0.5) is 0 Å². The summed E-state index contributed by atoms with van der Waals surface area (Å²) >= 11 is 0. The lowest BCUT2D eigenvalue weighted by molar-refractivity contribution is -0.140. The molecule has 2 rings (SSSR count). The van der Waals surface area contributed by atoms with Crippen molar-refractivity contribution in [3.05, 3.63) is 35.4 Å². The van der Waals surface area contributed by atoms with E-state index in [0.29, 0.717) is 6.42 Å². The molecule has 0 bridgehead atoms. The molecule has 1 aliphatic carbocycles. The van der Waals surface area contributed by atoms with E-state index in [1.165, 1.54) is 31.1 Å². The molecule has 20 heavy (non-hydrogen) atoms. The highest BCUT2D eigenvalue weighted by atomic mass is 16.5. The van der Waals surface area contributed by atoms with Crippen LogP contribution in [0.25, 0.3) is 0 Å². The molecule has 0 atom stereocenters. The van der Waals surface area contributed by atoms with Crippen LogP contribution in [0, 0.1) is 0 Å². The van der Waals surface area contributed by atoms with Gasteiger partial charge < -0.3 is 4.74 Å². The second kappa shape index (κ2) is 7.44. The minimum Gasteiger partial charge on any atom is -0.469 e. The van der Waals surface area contributed by atoms with E-state index in [0.717, 1.165) is 32.0 Å². The van der Waals surface area contributed by atoms with Crippen molar-refractivity contribution < 1.29 is 9.53 Å². The molecule has 0 radical (unpaired) electrons. The number of hydrogen-bond donors (Lipinski definition) is 0. The molecular weight excluding hydrogens is 250 g/mol. The van der Waals surface area contributed by atoms with Crippen molar-refractivity contribution in [2.45, 2.75) is 51.6 Å². The first-order chi connectivity index (χ1) is 9.72. The Morgan fingerprint density at radius 1 is 1.25 bits per heavy atom. The second-order valence-corrected chi connectivity index (χ2v) is 5.55. The fourth-order valence-electron chi connectivity index (χ4n) is 2.47. The summed E-state index contributed by atoms with van der Waals surface area (Å²) in [6.07, 6.45) is 5.09. The highest BCUT2D eigenvalue weighted by molar-refractivity contribution is 5.69. The van der Waals surface area contributed by atoms with E-state index in [2.05, 4.69) is 36.1 Å². The van der Waals surface area contributed by atoms with Crippen LogP contribution in [0.2, 0.25) is 0 Å². The largest absolute Gasteiger partial charge is 0.469 e. The van der Waals surface area contributed by atoms with Crippen LogP contribution in [0.15, 0.2) is 24.3 Å². The van der Waals surface area contributed by atoms with Crippen LogP contribution in [0.3, 0.4) is 0 Å². The number of methoxy groups -OCH3 is 1. The summed E-state index contributed by atoms with van der Waals surface area (Å²) in [6.45, 7) is 4.16. The molecule has 3 nitrogen and oxygen atoms in total. The summed E-state index contributed by atoms with van der Waals surface area (Å²) in [5, 5.41) is 0. The summed E-state index contributed by atoms with van der Waals surface area (Å²) in [5.74, 6) is -0.104. The number of benzene rings is 1. The number of nitrogens with zero attached hydrogens (tertiary/aromatic N) is 1. The second-order valence-electron chi connectivity index (χ2n) is 5.55. The van der Waals surface area contributed by atoms with Gasteiger partial charge in [0.15, 0.2) is 0 Å². The Hall–Kier alpha value is -1.35. The number of aryl methyl sites for hydroxylation is 1. The Kier molecular flexibility index (Phi) is 5.60. The zero-order valence-corrected chi connectivity index (χ0v) is 12.6. The minimum atomic E-state index is -0.104. The highest BCUT2D eigenvalue weighted by Crippen LogP contribution is 2.28. The molecule has 1 aromatic rings. The van der Waals surface area contributed by atoms with Crippen molar-refractivity contribution in [1.82, 2.24) is 4.90 Å². The van der Waals surface area contributed by atoms with Crippen molar-refractivity contribution in [2.24, 2.45) is 0 Å². The molecule has 0 N–H and O–H groups in total. The van der Waals surface area contributed by atoms with Gasteiger partial charge in [-0.15, -0.1) is 0 Å². The first-order valence-corrected chi connectivity index (χ1v) is 7.61. The Morgan fingerprint density at radius 3 is 2.45 bits per heavy atom. The molecule has 3 heteroatoms. The summed E-state index contributed by atoms with van der Waals surface area (Å²) in [7, 11) is 1.45. The summed E-state index contributed by atoms with van der Waals surface area (Å²) in [5.41, 5.74) is 2.75. The van der Waals surface area contributed by atoms with Gasteiger partial charge in [0.2, 0.25) is 0 Å². The molecule has 0 heterocycles. The maximum absolute atomic E-state index is 11.2. The maximum atomic E-state index is 11.2. The summed E-state index contributed by atoms with van der Waals surface area (Å²) in [4.78, 5) is 13.7. The van der Waals surface area contributed by atoms with E-state index in [-0.39, 0.29) is 5.97 Å². The van der Waals surface area contributed by atoms with Crippen LogP contribution >= 0.6 is 0 Å². The van der Waals surface area contributed by atoms with Crippen LogP contribution < -0.4 is 0 Å². The quantitative estimate of drug-likeness (QED) is 0.683. The van der Waals surface area contributed by atoms with Crippen LogP contribution in [-0.4, -0.2) is 30.6 Å². The molecule has 0 amide bonds. The number of carbonyl (C=O) groups is 1. The Bertz CT molecular complexity index is 423. The molecule has 0 spiro atoms. The van der Waals surface area contributed by atoms with Crippen molar-refractivity contribution in [3.63, 3.8) is 0 Å². The zero-order chi connectivity index (χ0) is 14.4. The predicted molar refractivity (Wildman–Crippen MR) is 80.5 cm³/mol. The van der Waals surface area contributed by atoms with Gasteiger partial charge >= 0.3 is 5.97 Å². The molecule has 0 unspecified atom stereocenters. The molecule has 0 saturated heterocycles. The van der Waals surface area contributed by atoms with Gasteiger partial charge in [-0.25, -0.2) is 0 Å². The predicted octanol–water partition coefficient (Wildman–Crippen LogP) is 3.17. The normalized spacial score (nSPS) is 14.6.